The second-order valence-corrected chi connectivity index (χ2v) is 9.47. The van der Waals surface area contributed by atoms with Crippen LogP contribution in [0, 0.1) is 23.1 Å². The molecule has 1 aromatic carbocycles. The molecule has 12 heteroatoms. The lowest BCUT2D eigenvalue weighted by Gasteiger charge is -2.33. The highest BCUT2D eigenvalue weighted by molar-refractivity contribution is 6.04. The average Bonchev–Trinajstić information content (AvgIpc) is 3.63. The number of nitriles is 1. The molecule has 11 nitrogen and oxygen atoms in total. The quantitative estimate of drug-likeness (QED) is 0.414. The molecule has 3 atom stereocenters. The van der Waals surface area contributed by atoms with Crippen LogP contribution in [0.5, 0.6) is 0 Å². The third-order valence-electron chi connectivity index (χ3n) is 7.22. The molecule has 4 aromatic rings. The zero-order valence-corrected chi connectivity index (χ0v) is 20.1. The number of hydrogen-bond acceptors (Lipinski definition) is 8. The Kier molecular flexibility index (Phi) is 5.68. The van der Waals surface area contributed by atoms with Crippen molar-refractivity contribution in [2.45, 2.75) is 31.3 Å². The molecular weight excluding hydrogens is 489 g/mol. The minimum atomic E-state index is -0.660. The third kappa shape index (κ3) is 3.88. The van der Waals surface area contributed by atoms with E-state index in [1.54, 1.807) is 34.0 Å². The first-order valence-electron chi connectivity index (χ1n) is 12.1. The van der Waals surface area contributed by atoms with E-state index in [9.17, 15) is 9.59 Å². The normalized spacial score (nSPS) is 20.0. The number of anilines is 2. The Balaban J connectivity index is 1.37. The van der Waals surface area contributed by atoms with Crippen molar-refractivity contribution >= 4 is 34.5 Å². The van der Waals surface area contributed by atoms with Crippen LogP contribution in [-0.4, -0.2) is 54.0 Å². The molecule has 6 rings (SSSR count). The minimum Gasteiger partial charge on any atom is -0.383 e. The molecular formula is C26H22FN9O2. The van der Waals surface area contributed by atoms with E-state index in [1.165, 1.54) is 18.5 Å². The maximum absolute atomic E-state index is 15.5. The number of halogens is 1. The lowest BCUT2D eigenvalue weighted by molar-refractivity contribution is -0.132. The number of hydrogen-bond donors (Lipinski definition) is 2. The number of nitrogens with two attached hydrogens (primary N) is 1. The molecule has 4 heterocycles. The number of pyridine rings is 1. The summed E-state index contributed by atoms with van der Waals surface area (Å²) in [6, 6.07) is 10.8. The molecule has 2 amide bonds. The summed E-state index contributed by atoms with van der Waals surface area (Å²) in [5, 5.41) is 16.8. The van der Waals surface area contributed by atoms with Crippen molar-refractivity contribution in [1.82, 2.24) is 29.6 Å². The number of likely N-dealkylation sites (tertiary alicyclic amines) is 1. The van der Waals surface area contributed by atoms with Crippen molar-refractivity contribution in [1.29, 1.82) is 5.26 Å². The molecule has 1 aliphatic heterocycles. The van der Waals surface area contributed by atoms with Gasteiger partial charge >= 0.3 is 0 Å². The number of rotatable bonds is 5. The molecule has 190 valence electrons. The summed E-state index contributed by atoms with van der Waals surface area (Å²) in [5.74, 6) is -0.592. The molecule has 3 N–H and O–H groups in total. The maximum atomic E-state index is 15.5. The van der Waals surface area contributed by atoms with Gasteiger partial charge in [-0.2, -0.15) is 10.4 Å². The minimum absolute atomic E-state index is 0.115. The highest BCUT2D eigenvalue weighted by atomic mass is 19.1. The van der Waals surface area contributed by atoms with Gasteiger partial charge in [-0.1, -0.05) is 6.07 Å². The average molecular weight is 512 g/mol. The van der Waals surface area contributed by atoms with Gasteiger partial charge in [0.2, 0.25) is 5.91 Å². The lowest BCUT2D eigenvalue weighted by atomic mass is 10.0. The summed E-state index contributed by atoms with van der Waals surface area (Å²) in [4.78, 5) is 39.5. The maximum Gasteiger partial charge on any atom is 0.256 e. The molecule has 2 fully saturated rings. The highest BCUT2D eigenvalue weighted by Crippen LogP contribution is 2.46. The molecule has 0 spiro atoms. The van der Waals surface area contributed by atoms with Gasteiger partial charge in [-0.3, -0.25) is 9.59 Å². The Morgan fingerprint density at radius 1 is 1.16 bits per heavy atom. The number of amides is 2. The van der Waals surface area contributed by atoms with Gasteiger partial charge in [0, 0.05) is 23.9 Å². The van der Waals surface area contributed by atoms with E-state index in [0.29, 0.717) is 23.4 Å². The van der Waals surface area contributed by atoms with E-state index in [1.807, 2.05) is 6.07 Å². The summed E-state index contributed by atoms with van der Waals surface area (Å²) in [7, 11) is 0. The van der Waals surface area contributed by atoms with E-state index in [0.717, 1.165) is 18.9 Å². The largest absolute Gasteiger partial charge is 0.383 e. The predicted molar refractivity (Wildman–Crippen MR) is 135 cm³/mol. The SMILES string of the molecule is N#CCC(=O)N1C[C@@H]2C[C@@H]1[C@H](n1nc(-c3ccc(C(=O)Nc4ccccn4)cc3F)c3c(N)ncnc31)C2. The lowest BCUT2D eigenvalue weighted by Crippen LogP contribution is -2.43. The smallest absolute Gasteiger partial charge is 0.256 e. The summed E-state index contributed by atoms with van der Waals surface area (Å²) < 4.78 is 17.2. The predicted octanol–water partition coefficient (Wildman–Crippen LogP) is 2.94. The molecule has 3 aromatic heterocycles. The van der Waals surface area contributed by atoms with Crippen LogP contribution in [0.3, 0.4) is 0 Å². The Morgan fingerprint density at radius 2 is 2.00 bits per heavy atom. The Bertz CT molecular complexity index is 1610. The fraction of sp³-hybridized carbons (Fsp3) is 0.269. The van der Waals surface area contributed by atoms with Gasteiger partial charge in [0.15, 0.2) is 5.65 Å². The second-order valence-electron chi connectivity index (χ2n) is 9.47. The number of nitrogen functional groups attached to an aromatic ring is 1. The zero-order chi connectivity index (χ0) is 26.4. The standard InChI is InChI=1S/C26H22FN9O2/c27-17-11-15(26(38)33-20-3-1-2-8-30-20)4-5-16(17)23-22-24(29)31-13-32-25(22)36(34-23)19-10-14-9-18(19)35(12-14)21(37)6-7-28/h1-5,8,11,13-14,18-19H,6,9-10,12H2,(H2,29,31,32)(H,30,33,38)/t14-,18-,19-/m1/s1. The first-order valence-corrected chi connectivity index (χ1v) is 12.1. The monoisotopic (exact) mass is 511 g/mol. The van der Waals surface area contributed by atoms with Gasteiger partial charge in [-0.25, -0.2) is 24.0 Å². The van der Waals surface area contributed by atoms with Crippen LogP contribution >= 0.6 is 0 Å². The first kappa shape index (κ1) is 23.5. The van der Waals surface area contributed by atoms with Crippen LogP contribution in [0.1, 0.15) is 35.7 Å². The summed E-state index contributed by atoms with van der Waals surface area (Å²) in [5.41, 5.74) is 7.17. The van der Waals surface area contributed by atoms with Crippen LogP contribution in [0.4, 0.5) is 16.0 Å². The van der Waals surface area contributed by atoms with Crippen LogP contribution in [-0.2, 0) is 4.79 Å². The van der Waals surface area contributed by atoms with Crippen molar-refractivity contribution in [3.63, 3.8) is 0 Å². The molecule has 1 aliphatic carbocycles. The molecule has 0 radical (unpaired) electrons. The van der Waals surface area contributed by atoms with Crippen molar-refractivity contribution in [2.75, 3.05) is 17.6 Å². The summed E-state index contributed by atoms with van der Waals surface area (Å²) in [6.45, 7) is 0.613. The van der Waals surface area contributed by atoms with Crippen molar-refractivity contribution < 1.29 is 14.0 Å². The number of nitrogens with one attached hydrogen (secondary N) is 1. The van der Waals surface area contributed by atoms with E-state index in [-0.39, 0.29) is 53.0 Å². The number of carbonyl (C=O) groups excluding carboxylic acids is 2. The van der Waals surface area contributed by atoms with E-state index in [2.05, 4.69) is 20.3 Å². The molecule has 38 heavy (non-hydrogen) atoms. The van der Waals surface area contributed by atoms with Crippen LogP contribution in [0.15, 0.2) is 48.9 Å². The number of fused-ring (bicyclic) bond motifs is 3. The van der Waals surface area contributed by atoms with E-state index < -0.39 is 11.7 Å². The van der Waals surface area contributed by atoms with Gasteiger partial charge in [-0.05, 0) is 49.1 Å². The van der Waals surface area contributed by atoms with E-state index in [4.69, 9.17) is 16.1 Å². The summed E-state index contributed by atoms with van der Waals surface area (Å²) >= 11 is 0. The fourth-order valence-corrected chi connectivity index (χ4v) is 5.60. The van der Waals surface area contributed by atoms with Crippen LogP contribution in [0.2, 0.25) is 0 Å². The van der Waals surface area contributed by atoms with Gasteiger partial charge in [0.1, 0.15) is 35.9 Å². The van der Waals surface area contributed by atoms with Crippen LogP contribution in [0.25, 0.3) is 22.3 Å². The Labute approximate surface area is 216 Å². The fourth-order valence-electron chi connectivity index (χ4n) is 5.60. The van der Waals surface area contributed by atoms with Gasteiger partial charge in [-0.15, -0.1) is 0 Å². The van der Waals surface area contributed by atoms with Crippen molar-refractivity contribution in [2.24, 2.45) is 5.92 Å². The molecule has 1 saturated heterocycles. The summed E-state index contributed by atoms with van der Waals surface area (Å²) in [6.07, 6.45) is 4.26. The van der Waals surface area contributed by atoms with Crippen molar-refractivity contribution in [3.05, 3.63) is 60.3 Å². The number of carbonyl (C=O) groups is 2. The van der Waals surface area contributed by atoms with Gasteiger partial charge in [0.05, 0.1) is 23.5 Å². The third-order valence-corrected chi connectivity index (χ3v) is 7.22. The molecule has 1 saturated carbocycles. The van der Waals surface area contributed by atoms with Gasteiger partial charge < -0.3 is 16.0 Å². The van der Waals surface area contributed by atoms with Crippen LogP contribution < -0.4 is 11.1 Å². The molecule has 0 unspecified atom stereocenters. The zero-order valence-electron chi connectivity index (χ0n) is 20.1. The highest BCUT2D eigenvalue weighted by Gasteiger charge is 2.48. The second kappa shape index (κ2) is 9.19. The molecule has 2 bridgehead atoms. The first-order chi connectivity index (χ1) is 18.4. The molecule has 2 aliphatic rings. The number of benzene rings is 1. The topological polar surface area (TPSA) is 156 Å². The number of nitrogens with zero attached hydrogens (tertiary/aromatic N) is 7. The number of aromatic nitrogens is 5. The Morgan fingerprint density at radius 3 is 2.74 bits per heavy atom. The number of piperidine rings is 1. The van der Waals surface area contributed by atoms with Gasteiger partial charge in [0.25, 0.3) is 5.91 Å². The Hall–Kier alpha value is -4.92. The van der Waals surface area contributed by atoms with E-state index >= 15 is 4.39 Å². The van der Waals surface area contributed by atoms with Crippen molar-refractivity contribution in [3.8, 4) is 17.3 Å².